The van der Waals surface area contributed by atoms with Gasteiger partial charge in [-0.1, -0.05) is 17.7 Å². The number of aromatic nitrogens is 2. The quantitative estimate of drug-likeness (QED) is 0.811. The number of nitrogens with one attached hydrogen (secondary N) is 2. The fraction of sp³-hybridized carbons (Fsp3) is 0.294. The number of aldehydes is 1. The molecular weight excluding hydrogens is 328 g/mol. The van der Waals surface area contributed by atoms with E-state index in [4.69, 9.17) is 11.6 Å². The second-order valence-corrected chi connectivity index (χ2v) is 6.29. The van der Waals surface area contributed by atoms with Gasteiger partial charge in [0.1, 0.15) is 6.29 Å². The van der Waals surface area contributed by atoms with Gasteiger partial charge in [0.15, 0.2) is 0 Å². The highest BCUT2D eigenvalue weighted by Gasteiger charge is 2.22. The third kappa shape index (κ3) is 3.71. The standard InChI is InChI=1S/C17H17ClN4O2/c1-10(9-23)21-16(24)13-7-19-17(20-8-13)22-15-5-11-2-3-14(18)4-12(11)6-15/h2-4,7-10,15H,5-6H2,1H3,(H,21,24)(H,19,20,22). The lowest BCUT2D eigenvalue weighted by Gasteiger charge is -2.12. The minimum Gasteiger partial charge on any atom is -0.351 e. The number of nitrogens with zero attached hydrogens (tertiary/aromatic N) is 2. The van der Waals surface area contributed by atoms with E-state index in [0.717, 1.165) is 17.9 Å². The molecule has 1 aliphatic carbocycles. The summed E-state index contributed by atoms with van der Waals surface area (Å²) in [5.74, 6) is 0.1000. The molecule has 0 radical (unpaired) electrons. The third-order valence-corrected chi connectivity index (χ3v) is 4.15. The fourth-order valence-corrected chi connectivity index (χ4v) is 2.91. The number of halogens is 1. The van der Waals surface area contributed by atoms with Crippen LogP contribution in [0.25, 0.3) is 0 Å². The van der Waals surface area contributed by atoms with Crippen LogP contribution in [0.5, 0.6) is 0 Å². The summed E-state index contributed by atoms with van der Waals surface area (Å²) in [5.41, 5.74) is 2.82. The van der Waals surface area contributed by atoms with E-state index in [1.54, 1.807) is 6.92 Å². The molecule has 24 heavy (non-hydrogen) atoms. The molecule has 0 saturated carbocycles. The predicted octanol–water partition coefficient (Wildman–Crippen LogP) is 2.03. The van der Waals surface area contributed by atoms with Crippen molar-refractivity contribution in [1.82, 2.24) is 15.3 Å². The molecule has 1 aromatic carbocycles. The lowest BCUT2D eigenvalue weighted by Crippen LogP contribution is -2.33. The van der Waals surface area contributed by atoms with E-state index in [9.17, 15) is 9.59 Å². The Kier molecular flexibility index (Phi) is 4.76. The highest BCUT2D eigenvalue weighted by Crippen LogP contribution is 2.26. The molecule has 2 unspecified atom stereocenters. The number of hydrogen-bond donors (Lipinski definition) is 2. The van der Waals surface area contributed by atoms with Gasteiger partial charge in [-0.15, -0.1) is 0 Å². The molecule has 2 N–H and O–H groups in total. The molecule has 0 fully saturated rings. The monoisotopic (exact) mass is 344 g/mol. The smallest absolute Gasteiger partial charge is 0.254 e. The molecule has 124 valence electrons. The van der Waals surface area contributed by atoms with Gasteiger partial charge in [0.2, 0.25) is 5.95 Å². The summed E-state index contributed by atoms with van der Waals surface area (Å²) in [5, 5.41) is 6.55. The molecule has 2 atom stereocenters. The van der Waals surface area contributed by atoms with E-state index < -0.39 is 6.04 Å². The Hall–Kier alpha value is -2.47. The topological polar surface area (TPSA) is 84.0 Å². The van der Waals surface area contributed by atoms with Gasteiger partial charge < -0.3 is 15.4 Å². The molecule has 0 bridgehead atoms. The molecule has 0 aliphatic heterocycles. The zero-order chi connectivity index (χ0) is 17.1. The highest BCUT2D eigenvalue weighted by molar-refractivity contribution is 6.30. The van der Waals surface area contributed by atoms with E-state index in [1.165, 1.54) is 23.5 Å². The van der Waals surface area contributed by atoms with E-state index in [0.29, 0.717) is 17.8 Å². The number of carbonyl (C=O) groups excluding carboxylic acids is 2. The normalized spacial score (nSPS) is 17.0. The van der Waals surface area contributed by atoms with Crippen molar-refractivity contribution in [2.75, 3.05) is 5.32 Å². The largest absolute Gasteiger partial charge is 0.351 e. The van der Waals surface area contributed by atoms with Crippen LogP contribution in [0.3, 0.4) is 0 Å². The molecule has 0 saturated heterocycles. The second-order valence-electron chi connectivity index (χ2n) is 5.86. The summed E-state index contributed by atoms with van der Waals surface area (Å²) >= 11 is 6.02. The summed E-state index contributed by atoms with van der Waals surface area (Å²) in [4.78, 5) is 30.8. The maximum absolute atomic E-state index is 11.9. The van der Waals surface area contributed by atoms with Crippen LogP contribution in [0.4, 0.5) is 5.95 Å². The first-order chi connectivity index (χ1) is 11.5. The van der Waals surface area contributed by atoms with Gasteiger partial charge in [0.25, 0.3) is 5.91 Å². The summed E-state index contributed by atoms with van der Waals surface area (Å²) in [7, 11) is 0. The van der Waals surface area contributed by atoms with Gasteiger partial charge in [-0.05, 0) is 43.0 Å². The van der Waals surface area contributed by atoms with E-state index >= 15 is 0 Å². The Labute approximate surface area is 144 Å². The molecule has 7 heteroatoms. The van der Waals surface area contributed by atoms with Gasteiger partial charge in [-0.2, -0.15) is 0 Å². The van der Waals surface area contributed by atoms with Crippen LogP contribution >= 0.6 is 11.6 Å². The van der Waals surface area contributed by atoms with Crippen LogP contribution in [-0.2, 0) is 17.6 Å². The predicted molar refractivity (Wildman–Crippen MR) is 91.3 cm³/mol. The Bertz CT molecular complexity index is 764. The van der Waals surface area contributed by atoms with Gasteiger partial charge in [0.05, 0.1) is 11.6 Å². The molecule has 1 aromatic heterocycles. The number of anilines is 1. The van der Waals surface area contributed by atoms with Crippen molar-refractivity contribution in [3.63, 3.8) is 0 Å². The Balaban J connectivity index is 1.61. The van der Waals surface area contributed by atoms with Gasteiger partial charge in [-0.25, -0.2) is 9.97 Å². The number of fused-ring (bicyclic) bond motifs is 1. The Morgan fingerprint density at radius 1 is 1.29 bits per heavy atom. The zero-order valence-corrected chi connectivity index (χ0v) is 13.9. The van der Waals surface area contributed by atoms with Gasteiger partial charge in [-0.3, -0.25) is 4.79 Å². The van der Waals surface area contributed by atoms with Crippen molar-refractivity contribution in [2.24, 2.45) is 0 Å². The van der Waals surface area contributed by atoms with Crippen molar-refractivity contribution >= 4 is 29.7 Å². The van der Waals surface area contributed by atoms with E-state index in [-0.39, 0.29) is 11.9 Å². The lowest BCUT2D eigenvalue weighted by molar-refractivity contribution is -0.109. The lowest BCUT2D eigenvalue weighted by atomic mass is 10.1. The minimum atomic E-state index is -0.542. The summed E-state index contributed by atoms with van der Waals surface area (Å²) < 4.78 is 0. The third-order valence-electron chi connectivity index (χ3n) is 3.91. The molecule has 2 aromatic rings. The molecule has 1 heterocycles. The maximum Gasteiger partial charge on any atom is 0.254 e. The van der Waals surface area contributed by atoms with Crippen LogP contribution in [0.2, 0.25) is 5.02 Å². The number of amides is 1. The average Bonchev–Trinajstić information content (AvgIpc) is 2.96. The van der Waals surface area contributed by atoms with E-state index in [1.807, 2.05) is 18.2 Å². The maximum atomic E-state index is 11.9. The van der Waals surface area contributed by atoms with Crippen LogP contribution < -0.4 is 10.6 Å². The average molecular weight is 345 g/mol. The number of rotatable bonds is 5. The van der Waals surface area contributed by atoms with Crippen molar-refractivity contribution in [2.45, 2.75) is 31.8 Å². The number of carbonyl (C=O) groups is 2. The van der Waals surface area contributed by atoms with Crippen molar-refractivity contribution in [3.8, 4) is 0 Å². The Morgan fingerprint density at radius 2 is 2.00 bits per heavy atom. The van der Waals surface area contributed by atoms with Crippen molar-refractivity contribution < 1.29 is 9.59 Å². The van der Waals surface area contributed by atoms with Crippen molar-refractivity contribution in [3.05, 3.63) is 52.3 Å². The van der Waals surface area contributed by atoms with Crippen LogP contribution in [0.1, 0.15) is 28.4 Å². The molecular formula is C17H17ClN4O2. The van der Waals surface area contributed by atoms with Gasteiger partial charge in [0, 0.05) is 23.5 Å². The van der Waals surface area contributed by atoms with Gasteiger partial charge >= 0.3 is 0 Å². The summed E-state index contributed by atoms with van der Waals surface area (Å²) in [6, 6.07) is 5.59. The van der Waals surface area contributed by atoms with Crippen LogP contribution in [-0.4, -0.2) is 34.2 Å². The summed E-state index contributed by atoms with van der Waals surface area (Å²) in [6.07, 6.45) is 5.30. The first-order valence-electron chi connectivity index (χ1n) is 7.67. The highest BCUT2D eigenvalue weighted by atomic mass is 35.5. The number of benzene rings is 1. The molecule has 0 spiro atoms. The minimum absolute atomic E-state index is 0.202. The first kappa shape index (κ1) is 16.4. The Morgan fingerprint density at radius 3 is 2.71 bits per heavy atom. The van der Waals surface area contributed by atoms with Crippen molar-refractivity contribution in [1.29, 1.82) is 0 Å². The first-order valence-corrected chi connectivity index (χ1v) is 8.05. The molecule has 1 aliphatic rings. The van der Waals surface area contributed by atoms with Crippen LogP contribution in [0.15, 0.2) is 30.6 Å². The van der Waals surface area contributed by atoms with Crippen LogP contribution in [0, 0.1) is 0 Å². The molecule has 6 nitrogen and oxygen atoms in total. The SMILES string of the molecule is CC(C=O)NC(=O)c1cnc(NC2Cc3ccc(Cl)cc3C2)nc1. The fourth-order valence-electron chi connectivity index (χ4n) is 2.72. The summed E-state index contributed by atoms with van der Waals surface area (Å²) in [6.45, 7) is 1.60. The zero-order valence-electron chi connectivity index (χ0n) is 13.1. The number of hydrogen-bond acceptors (Lipinski definition) is 5. The molecule has 1 amide bonds. The second kappa shape index (κ2) is 6.97. The molecule has 3 rings (SSSR count). The van der Waals surface area contributed by atoms with E-state index in [2.05, 4.69) is 20.6 Å².